The number of primary amides is 1. The van der Waals surface area contributed by atoms with Crippen LogP contribution in [-0.4, -0.2) is 85.2 Å². The summed E-state index contributed by atoms with van der Waals surface area (Å²) in [5, 5.41) is 16.3. The summed E-state index contributed by atoms with van der Waals surface area (Å²) in [6.07, 6.45) is 8.66. The van der Waals surface area contributed by atoms with Crippen LogP contribution >= 0.6 is 0 Å². The zero-order valence-electron chi connectivity index (χ0n) is 20.6. The molecule has 1 saturated carbocycles. The van der Waals surface area contributed by atoms with Gasteiger partial charge in [0, 0.05) is 26.2 Å². The fourth-order valence-corrected chi connectivity index (χ4v) is 5.28. The standard InChI is InChI=1S/C24H41N7O3/c1-2-10-30-11-8-24(18-25,9-12-30)29-21(32)20(17-19-6-4-3-5-7-19)27-23(28-22(26)33)31-13-15-34-16-14-31/h19-20H,2-17H2,1H3,(H,29,32)(H3,26,27,28,33). The summed E-state index contributed by atoms with van der Waals surface area (Å²) in [4.78, 5) is 33.5. The van der Waals surface area contributed by atoms with Crippen LogP contribution in [0.4, 0.5) is 4.79 Å². The van der Waals surface area contributed by atoms with E-state index in [0.717, 1.165) is 38.9 Å². The van der Waals surface area contributed by atoms with E-state index in [4.69, 9.17) is 10.5 Å². The van der Waals surface area contributed by atoms with Crippen molar-refractivity contribution in [1.29, 1.82) is 5.26 Å². The van der Waals surface area contributed by atoms with E-state index in [9.17, 15) is 14.9 Å². The van der Waals surface area contributed by atoms with Crippen LogP contribution in [0.15, 0.2) is 4.99 Å². The number of nitrogens with zero attached hydrogens (tertiary/aromatic N) is 4. The van der Waals surface area contributed by atoms with Gasteiger partial charge in [-0.1, -0.05) is 39.0 Å². The van der Waals surface area contributed by atoms with Crippen molar-refractivity contribution in [2.24, 2.45) is 16.6 Å². The molecule has 2 aliphatic heterocycles. The Bertz CT molecular complexity index is 746. The van der Waals surface area contributed by atoms with Crippen LogP contribution in [0.2, 0.25) is 0 Å². The van der Waals surface area contributed by atoms with Gasteiger partial charge in [-0.3, -0.25) is 4.79 Å². The maximum absolute atomic E-state index is 13.6. The highest BCUT2D eigenvalue weighted by Gasteiger charge is 2.38. The van der Waals surface area contributed by atoms with Crippen molar-refractivity contribution in [2.75, 3.05) is 45.9 Å². The van der Waals surface area contributed by atoms with Crippen molar-refractivity contribution in [2.45, 2.75) is 76.3 Å². The number of hydrogen-bond acceptors (Lipinski definition) is 5. The van der Waals surface area contributed by atoms with Crippen LogP contribution in [-0.2, 0) is 9.53 Å². The van der Waals surface area contributed by atoms with E-state index in [0.29, 0.717) is 57.4 Å². The molecule has 3 fully saturated rings. The van der Waals surface area contributed by atoms with Crippen LogP contribution in [0.1, 0.15) is 64.7 Å². The maximum Gasteiger partial charge on any atom is 0.341 e. The van der Waals surface area contributed by atoms with Crippen LogP contribution < -0.4 is 16.4 Å². The molecule has 0 aromatic carbocycles. The van der Waals surface area contributed by atoms with Gasteiger partial charge in [0.15, 0.2) is 0 Å². The van der Waals surface area contributed by atoms with Crippen LogP contribution in [0.25, 0.3) is 0 Å². The largest absolute Gasteiger partial charge is 0.378 e. The molecule has 0 aromatic heterocycles. The van der Waals surface area contributed by atoms with Crippen LogP contribution in [0.3, 0.4) is 0 Å². The first-order valence-electron chi connectivity index (χ1n) is 12.9. The average Bonchev–Trinajstić information content (AvgIpc) is 2.85. The van der Waals surface area contributed by atoms with Gasteiger partial charge in [-0.15, -0.1) is 0 Å². The monoisotopic (exact) mass is 475 g/mol. The quantitative estimate of drug-likeness (QED) is 0.375. The molecule has 0 spiro atoms. The molecule has 3 rings (SSSR count). The number of amides is 3. The summed E-state index contributed by atoms with van der Waals surface area (Å²) in [5.74, 6) is 0.526. The molecular weight excluding hydrogens is 434 g/mol. The van der Waals surface area contributed by atoms with Gasteiger partial charge < -0.3 is 30.9 Å². The number of ether oxygens (including phenoxy) is 1. The molecule has 190 valence electrons. The molecule has 0 aromatic rings. The Labute approximate surface area is 203 Å². The van der Waals surface area contributed by atoms with Gasteiger partial charge >= 0.3 is 6.03 Å². The normalized spacial score (nSPS) is 23.1. The minimum Gasteiger partial charge on any atom is -0.378 e. The maximum atomic E-state index is 13.6. The number of nitrogens with two attached hydrogens (primary N) is 1. The molecule has 3 aliphatic rings. The zero-order chi connectivity index (χ0) is 24.4. The number of aliphatic imine (C=N–C) groups is 1. The molecule has 1 atom stereocenters. The Morgan fingerprint density at radius 3 is 2.44 bits per heavy atom. The Morgan fingerprint density at radius 1 is 1.18 bits per heavy atom. The molecular formula is C24H41N7O3. The van der Waals surface area contributed by atoms with Gasteiger partial charge in [0.05, 0.1) is 19.3 Å². The lowest BCUT2D eigenvalue weighted by molar-refractivity contribution is -0.125. The molecule has 3 amide bonds. The minimum atomic E-state index is -0.867. The number of nitriles is 1. The van der Waals surface area contributed by atoms with Gasteiger partial charge in [0.2, 0.25) is 11.9 Å². The number of rotatable bonds is 7. The number of hydrogen-bond donors (Lipinski definition) is 3. The third-order valence-electron chi connectivity index (χ3n) is 7.27. The zero-order valence-corrected chi connectivity index (χ0v) is 20.6. The molecule has 1 aliphatic carbocycles. The topological polar surface area (TPSA) is 136 Å². The van der Waals surface area contributed by atoms with Gasteiger partial charge in [0.1, 0.15) is 11.6 Å². The number of likely N-dealkylation sites (tertiary alicyclic amines) is 1. The second kappa shape index (κ2) is 12.9. The van der Waals surface area contributed by atoms with Gasteiger partial charge in [0.25, 0.3) is 0 Å². The van der Waals surface area contributed by atoms with Crippen molar-refractivity contribution >= 4 is 17.9 Å². The SMILES string of the molecule is CCCN1CCC(C#N)(NC(=O)C(CC2CCCCC2)N/C(=N/C(N)=O)N2CCOCC2)CC1. The third-order valence-corrected chi connectivity index (χ3v) is 7.27. The molecule has 4 N–H and O–H groups in total. The van der Waals surface area contributed by atoms with Gasteiger partial charge in [-0.05, 0) is 38.1 Å². The number of nitrogens with one attached hydrogen (secondary N) is 2. The Kier molecular flexibility index (Phi) is 9.96. The summed E-state index contributed by atoms with van der Waals surface area (Å²) < 4.78 is 5.42. The van der Waals surface area contributed by atoms with Crippen molar-refractivity contribution in [3.63, 3.8) is 0 Å². The lowest BCUT2D eigenvalue weighted by atomic mass is 9.84. The molecule has 2 saturated heterocycles. The number of urea groups is 1. The first-order valence-corrected chi connectivity index (χ1v) is 12.9. The third kappa shape index (κ3) is 7.57. The Balaban J connectivity index is 1.75. The fraction of sp³-hybridized carbons (Fsp3) is 0.833. The highest BCUT2D eigenvalue weighted by Crippen LogP contribution is 2.28. The first kappa shape index (κ1) is 26.2. The number of morpholine rings is 1. The summed E-state index contributed by atoms with van der Waals surface area (Å²) in [6.45, 7) is 6.91. The highest BCUT2D eigenvalue weighted by molar-refractivity contribution is 5.95. The van der Waals surface area contributed by atoms with E-state index in [1.165, 1.54) is 19.3 Å². The number of carbonyl (C=O) groups excluding carboxylic acids is 2. The van der Waals surface area contributed by atoms with E-state index in [1.54, 1.807) is 0 Å². The average molecular weight is 476 g/mol. The first-order chi connectivity index (χ1) is 16.4. The summed E-state index contributed by atoms with van der Waals surface area (Å²) in [5.41, 5.74) is 4.53. The lowest BCUT2D eigenvalue weighted by Gasteiger charge is -2.39. The second-order valence-electron chi connectivity index (χ2n) is 9.83. The van der Waals surface area contributed by atoms with E-state index in [2.05, 4.69) is 33.5 Å². The predicted molar refractivity (Wildman–Crippen MR) is 130 cm³/mol. The molecule has 2 heterocycles. The smallest absolute Gasteiger partial charge is 0.341 e. The molecule has 0 radical (unpaired) electrons. The van der Waals surface area contributed by atoms with Crippen molar-refractivity contribution in [3.05, 3.63) is 0 Å². The van der Waals surface area contributed by atoms with Crippen molar-refractivity contribution < 1.29 is 14.3 Å². The highest BCUT2D eigenvalue weighted by atomic mass is 16.5. The van der Waals surface area contributed by atoms with Gasteiger partial charge in [-0.25, -0.2) is 4.79 Å². The fourth-order valence-electron chi connectivity index (χ4n) is 5.28. The Hall–Kier alpha value is -2.38. The molecule has 10 heteroatoms. The number of carbonyl (C=O) groups is 2. The van der Waals surface area contributed by atoms with Crippen LogP contribution in [0.5, 0.6) is 0 Å². The molecule has 1 unspecified atom stereocenters. The summed E-state index contributed by atoms with van der Waals surface area (Å²) in [7, 11) is 0. The van der Waals surface area contributed by atoms with E-state index in [1.807, 2.05) is 4.90 Å². The predicted octanol–water partition coefficient (Wildman–Crippen LogP) is 1.57. The second-order valence-corrected chi connectivity index (χ2v) is 9.83. The van der Waals surface area contributed by atoms with Crippen molar-refractivity contribution in [1.82, 2.24) is 20.4 Å². The van der Waals surface area contributed by atoms with Crippen LogP contribution in [0, 0.1) is 17.2 Å². The molecule has 34 heavy (non-hydrogen) atoms. The minimum absolute atomic E-state index is 0.207. The summed E-state index contributed by atoms with van der Waals surface area (Å²) >= 11 is 0. The van der Waals surface area contributed by atoms with E-state index in [-0.39, 0.29) is 5.91 Å². The summed E-state index contributed by atoms with van der Waals surface area (Å²) in [6, 6.07) is 1.00. The van der Waals surface area contributed by atoms with E-state index >= 15 is 0 Å². The van der Waals surface area contributed by atoms with E-state index < -0.39 is 17.6 Å². The molecule has 0 bridgehead atoms. The lowest BCUT2D eigenvalue weighted by Crippen LogP contribution is -2.60. The Morgan fingerprint density at radius 2 is 1.85 bits per heavy atom. The van der Waals surface area contributed by atoms with Crippen molar-refractivity contribution in [3.8, 4) is 6.07 Å². The number of piperidine rings is 1. The van der Waals surface area contributed by atoms with Gasteiger partial charge in [-0.2, -0.15) is 10.3 Å². The number of guanidine groups is 1. The molecule has 10 nitrogen and oxygen atoms in total.